The highest BCUT2D eigenvalue weighted by Gasteiger charge is 2.61. The molecule has 3 atom stereocenters. The molecular formula is C26H28N10S2. The third kappa shape index (κ3) is 3.36. The fourth-order valence-electron chi connectivity index (χ4n) is 7.56. The van der Waals surface area contributed by atoms with Gasteiger partial charge >= 0.3 is 0 Å². The van der Waals surface area contributed by atoms with Crippen LogP contribution in [-0.2, 0) is 6.42 Å². The van der Waals surface area contributed by atoms with E-state index in [9.17, 15) is 0 Å². The number of tetrazole rings is 1. The van der Waals surface area contributed by atoms with E-state index in [0.717, 1.165) is 55.0 Å². The van der Waals surface area contributed by atoms with Gasteiger partial charge in [0.05, 0.1) is 16.5 Å². The molecule has 12 heteroatoms. The summed E-state index contributed by atoms with van der Waals surface area (Å²) in [5.74, 6) is 2.15. The van der Waals surface area contributed by atoms with Crippen molar-refractivity contribution in [1.82, 2.24) is 45.4 Å². The average molecular weight is 545 g/mol. The standard InChI is InChI=1S/C26H28N10S2/c1-2-4-18-17(3-1)5-8-27-23(18)26(19-13-16-6-10-35(19)11-7-16)15-36(20-14-38-34-29-20)22(24-30-32-33-31-24)21(26)25-28-9-12-37-25/h1-4,9,12,14,16,19,23,27H,5-8,10-11,13,15H2,(H,30,31,32,33). The number of anilines is 1. The number of aromatic amines is 1. The summed E-state index contributed by atoms with van der Waals surface area (Å²) in [4.78, 5) is 9.98. The van der Waals surface area contributed by atoms with Crippen LogP contribution in [0.5, 0.6) is 0 Å². The zero-order valence-corrected chi connectivity index (χ0v) is 22.5. The number of rotatable bonds is 5. The normalized spacial score (nSPS) is 30.7. The molecule has 1 aromatic carbocycles. The summed E-state index contributed by atoms with van der Waals surface area (Å²) >= 11 is 3.06. The topological polar surface area (TPSA) is 112 Å². The van der Waals surface area contributed by atoms with Gasteiger partial charge in [-0.3, -0.25) is 4.90 Å². The summed E-state index contributed by atoms with van der Waals surface area (Å²) in [7, 11) is 0. The molecule has 0 aliphatic carbocycles. The third-order valence-electron chi connectivity index (χ3n) is 9.09. The first-order valence-electron chi connectivity index (χ1n) is 13.3. The fourth-order valence-corrected chi connectivity index (χ4v) is 8.78. The number of aromatic nitrogens is 7. The second kappa shape index (κ2) is 9.01. The number of thiazole rings is 1. The predicted octanol–water partition coefficient (Wildman–Crippen LogP) is 3.25. The van der Waals surface area contributed by atoms with E-state index in [1.165, 1.54) is 47.5 Å². The maximum Gasteiger partial charge on any atom is 0.221 e. The largest absolute Gasteiger partial charge is 0.319 e. The molecule has 5 aliphatic rings. The second-order valence-corrected chi connectivity index (χ2v) is 12.3. The molecule has 2 N–H and O–H groups in total. The van der Waals surface area contributed by atoms with Gasteiger partial charge in [0.2, 0.25) is 5.82 Å². The van der Waals surface area contributed by atoms with Gasteiger partial charge in [-0.1, -0.05) is 28.8 Å². The zero-order valence-electron chi connectivity index (χ0n) is 20.8. The van der Waals surface area contributed by atoms with Crippen LogP contribution in [0.25, 0.3) is 11.3 Å². The lowest BCUT2D eigenvalue weighted by Crippen LogP contribution is -2.62. The molecule has 5 aliphatic heterocycles. The number of hydrogen-bond donors (Lipinski definition) is 2. The summed E-state index contributed by atoms with van der Waals surface area (Å²) in [5, 5.41) is 29.4. The second-order valence-electron chi connectivity index (χ2n) is 10.8. The monoisotopic (exact) mass is 544 g/mol. The van der Waals surface area contributed by atoms with Crippen molar-refractivity contribution in [3.63, 3.8) is 0 Å². The number of piperidine rings is 3. The maximum atomic E-state index is 4.95. The molecule has 194 valence electrons. The maximum absolute atomic E-state index is 4.95. The van der Waals surface area contributed by atoms with Crippen LogP contribution >= 0.6 is 22.9 Å². The van der Waals surface area contributed by atoms with Crippen LogP contribution in [0.4, 0.5) is 5.82 Å². The van der Waals surface area contributed by atoms with Gasteiger partial charge in [0.15, 0.2) is 5.82 Å². The first kappa shape index (κ1) is 22.9. The Morgan fingerprint density at radius 1 is 1.11 bits per heavy atom. The van der Waals surface area contributed by atoms with E-state index in [4.69, 9.17) is 4.98 Å². The third-order valence-corrected chi connectivity index (χ3v) is 10.4. The molecule has 3 unspecified atom stereocenters. The smallest absolute Gasteiger partial charge is 0.221 e. The van der Waals surface area contributed by atoms with Crippen molar-refractivity contribution < 1.29 is 0 Å². The van der Waals surface area contributed by atoms with Crippen molar-refractivity contribution in [1.29, 1.82) is 0 Å². The minimum Gasteiger partial charge on any atom is -0.319 e. The Bertz CT molecular complexity index is 1440. The Balaban J connectivity index is 1.44. The van der Waals surface area contributed by atoms with E-state index < -0.39 is 0 Å². The summed E-state index contributed by atoms with van der Waals surface area (Å²) in [5.41, 5.74) is 4.65. The molecule has 2 bridgehead atoms. The number of benzene rings is 1. The van der Waals surface area contributed by atoms with Gasteiger partial charge < -0.3 is 10.2 Å². The lowest BCUT2D eigenvalue weighted by Gasteiger charge is -2.56. The molecule has 9 rings (SSSR count). The van der Waals surface area contributed by atoms with Crippen LogP contribution in [0, 0.1) is 11.3 Å². The molecule has 3 saturated heterocycles. The van der Waals surface area contributed by atoms with Crippen LogP contribution in [-0.4, -0.2) is 72.3 Å². The molecular weight excluding hydrogens is 516 g/mol. The van der Waals surface area contributed by atoms with Gasteiger partial charge in [0, 0.05) is 35.8 Å². The van der Waals surface area contributed by atoms with Gasteiger partial charge in [-0.15, -0.1) is 26.6 Å². The summed E-state index contributed by atoms with van der Waals surface area (Å²) in [6.07, 6.45) is 6.70. The van der Waals surface area contributed by atoms with Gasteiger partial charge in [-0.2, -0.15) is 5.21 Å². The molecule has 3 fully saturated rings. The number of hydrogen-bond acceptors (Lipinski definition) is 11. The van der Waals surface area contributed by atoms with Crippen molar-refractivity contribution in [3.05, 3.63) is 63.2 Å². The molecule has 0 spiro atoms. The van der Waals surface area contributed by atoms with Crippen LogP contribution in [0.2, 0.25) is 0 Å². The van der Waals surface area contributed by atoms with Gasteiger partial charge in [0.1, 0.15) is 5.01 Å². The van der Waals surface area contributed by atoms with E-state index >= 15 is 0 Å². The highest BCUT2D eigenvalue weighted by atomic mass is 32.1. The van der Waals surface area contributed by atoms with Crippen molar-refractivity contribution in [3.8, 4) is 0 Å². The summed E-state index contributed by atoms with van der Waals surface area (Å²) in [6.45, 7) is 3.98. The van der Waals surface area contributed by atoms with Crippen LogP contribution < -0.4 is 10.2 Å². The highest BCUT2D eigenvalue weighted by Crippen LogP contribution is 2.61. The molecule has 8 heterocycles. The molecule has 0 amide bonds. The Hall–Kier alpha value is -3.06. The Morgan fingerprint density at radius 2 is 2.03 bits per heavy atom. The van der Waals surface area contributed by atoms with Gasteiger partial charge in [-0.05, 0) is 79.1 Å². The van der Waals surface area contributed by atoms with E-state index in [-0.39, 0.29) is 11.5 Å². The molecule has 0 radical (unpaired) electrons. The van der Waals surface area contributed by atoms with E-state index in [1.807, 2.05) is 11.6 Å². The minimum atomic E-state index is -0.312. The number of nitrogens with one attached hydrogen (secondary N) is 2. The van der Waals surface area contributed by atoms with Gasteiger partial charge in [-0.25, -0.2) is 4.98 Å². The Morgan fingerprint density at radius 3 is 2.76 bits per heavy atom. The summed E-state index contributed by atoms with van der Waals surface area (Å²) in [6, 6.07) is 9.43. The predicted molar refractivity (Wildman–Crippen MR) is 146 cm³/mol. The van der Waals surface area contributed by atoms with Crippen molar-refractivity contribution in [2.24, 2.45) is 11.3 Å². The SMILES string of the molecule is c1ccc2c(c1)CCNC2C1(C2CC3CCN2CC3)CN(c2csnn2)C(c2nn[nH]n2)=C1c1nccs1. The van der Waals surface area contributed by atoms with Gasteiger partial charge in [0.25, 0.3) is 0 Å². The fraction of sp³-hybridized carbons (Fsp3) is 0.462. The number of H-pyrrole nitrogens is 1. The van der Waals surface area contributed by atoms with Crippen LogP contribution in [0.15, 0.2) is 41.2 Å². The highest BCUT2D eigenvalue weighted by molar-refractivity contribution is 7.10. The first-order chi connectivity index (χ1) is 18.8. The van der Waals surface area contributed by atoms with Crippen molar-refractivity contribution >= 4 is 40.0 Å². The van der Waals surface area contributed by atoms with E-state index in [1.54, 1.807) is 11.3 Å². The molecule has 0 saturated carbocycles. The number of nitrogens with zero attached hydrogens (tertiary/aromatic N) is 8. The zero-order chi connectivity index (χ0) is 25.1. The average Bonchev–Trinajstić information content (AvgIpc) is 3.80. The van der Waals surface area contributed by atoms with E-state index in [2.05, 4.69) is 75.0 Å². The quantitative estimate of drug-likeness (QED) is 0.391. The molecule has 3 aromatic heterocycles. The molecule has 38 heavy (non-hydrogen) atoms. The number of fused-ring (bicyclic) bond motifs is 4. The van der Waals surface area contributed by atoms with Crippen molar-refractivity contribution in [2.45, 2.75) is 37.8 Å². The lowest BCUT2D eigenvalue weighted by atomic mass is 9.61. The Kier molecular flexibility index (Phi) is 5.42. The van der Waals surface area contributed by atoms with Crippen LogP contribution in [0.1, 0.15) is 47.3 Å². The van der Waals surface area contributed by atoms with E-state index in [0.29, 0.717) is 11.9 Å². The summed E-state index contributed by atoms with van der Waals surface area (Å²) < 4.78 is 4.24. The first-order valence-corrected chi connectivity index (χ1v) is 15.0. The van der Waals surface area contributed by atoms with Crippen LogP contribution in [0.3, 0.4) is 0 Å². The Labute approximate surface area is 228 Å². The van der Waals surface area contributed by atoms with Crippen molar-refractivity contribution in [2.75, 3.05) is 31.1 Å². The lowest BCUT2D eigenvalue weighted by molar-refractivity contribution is -0.0153. The minimum absolute atomic E-state index is 0.106. The molecule has 10 nitrogen and oxygen atoms in total. The molecule has 4 aromatic rings.